The second-order valence-corrected chi connectivity index (χ2v) is 7.52. The number of hydrogen-bond acceptors (Lipinski definition) is 5. The second kappa shape index (κ2) is 9.10. The van der Waals surface area contributed by atoms with Gasteiger partial charge in [0.05, 0.1) is 17.1 Å². The molecule has 0 aromatic heterocycles. The Labute approximate surface area is 170 Å². The van der Waals surface area contributed by atoms with E-state index in [4.69, 9.17) is 28.5 Å². The summed E-state index contributed by atoms with van der Waals surface area (Å²) in [7, 11) is 0. The molecule has 0 spiro atoms. The SMILES string of the molecule is CC(=N\C(=N)C(C)C)/C(N)=C/C1=C(N)NCCN1Cc1c(Cl)ccc(F)c1C. The zero-order chi connectivity index (χ0) is 21.0. The molecule has 28 heavy (non-hydrogen) atoms. The summed E-state index contributed by atoms with van der Waals surface area (Å²) >= 11 is 6.31. The van der Waals surface area contributed by atoms with Crippen molar-refractivity contribution in [3.8, 4) is 0 Å². The highest BCUT2D eigenvalue weighted by Gasteiger charge is 2.20. The van der Waals surface area contributed by atoms with Gasteiger partial charge in [-0.2, -0.15) is 0 Å². The summed E-state index contributed by atoms with van der Waals surface area (Å²) < 4.78 is 14.0. The van der Waals surface area contributed by atoms with E-state index in [2.05, 4.69) is 10.3 Å². The fraction of sp³-hybridized carbons (Fsp3) is 0.400. The van der Waals surface area contributed by atoms with Gasteiger partial charge in [0, 0.05) is 30.6 Å². The van der Waals surface area contributed by atoms with E-state index < -0.39 is 0 Å². The minimum absolute atomic E-state index is 0.0120. The van der Waals surface area contributed by atoms with Gasteiger partial charge in [0.25, 0.3) is 0 Å². The van der Waals surface area contributed by atoms with Gasteiger partial charge in [0.2, 0.25) is 0 Å². The van der Waals surface area contributed by atoms with Crippen LogP contribution < -0.4 is 16.8 Å². The standard InChI is InChI=1S/C20H28ClFN6/c1-11(2)19(24)27-13(4)17(23)9-18-20(25)26-7-8-28(18)10-14-12(3)16(22)6-5-15(14)21/h5-6,9,11,24,26H,7-8,10,23,25H2,1-4H3/b17-9-,24-19?,27-13+. The summed E-state index contributed by atoms with van der Waals surface area (Å²) in [5.74, 6) is 0.457. The average Bonchev–Trinajstić information content (AvgIpc) is 2.64. The second-order valence-electron chi connectivity index (χ2n) is 7.12. The van der Waals surface area contributed by atoms with Crippen molar-refractivity contribution in [2.75, 3.05) is 13.1 Å². The van der Waals surface area contributed by atoms with E-state index in [1.165, 1.54) is 6.07 Å². The van der Waals surface area contributed by atoms with Gasteiger partial charge in [-0.1, -0.05) is 25.4 Å². The highest BCUT2D eigenvalue weighted by molar-refractivity contribution is 6.31. The van der Waals surface area contributed by atoms with Crippen LogP contribution in [0.25, 0.3) is 0 Å². The average molecular weight is 407 g/mol. The first kappa shape index (κ1) is 21.8. The lowest BCUT2D eigenvalue weighted by molar-refractivity contribution is 0.319. The van der Waals surface area contributed by atoms with Crippen LogP contribution in [0, 0.1) is 24.1 Å². The number of aliphatic imine (C=N–C) groups is 1. The van der Waals surface area contributed by atoms with Crippen LogP contribution in [0.15, 0.2) is 40.4 Å². The van der Waals surface area contributed by atoms with Crippen LogP contribution in [0.1, 0.15) is 31.9 Å². The Morgan fingerprint density at radius 3 is 2.79 bits per heavy atom. The van der Waals surface area contributed by atoms with Crippen molar-refractivity contribution >= 4 is 23.1 Å². The van der Waals surface area contributed by atoms with Crippen molar-refractivity contribution < 1.29 is 4.39 Å². The molecule has 0 bridgehead atoms. The Balaban J connectivity index is 2.36. The van der Waals surface area contributed by atoms with E-state index in [0.29, 0.717) is 58.7 Å². The van der Waals surface area contributed by atoms with Gasteiger partial charge >= 0.3 is 0 Å². The lowest BCUT2D eigenvalue weighted by Gasteiger charge is -2.33. The highest BCUT2D eigenvalue weighted by Crippen LogP contribution is 2.26. The first-order valence-electron chi connectivity index (χ1n) is 9.15. The maximum Gasteiger partial charge on any atom is 0.126 e. The maximum absolute atomic E-state index is 14.0. The van der Waals surface area contributed by atoms with Crippen LogP contribution in [0.3, 0.4) is 0 Å². The van der Waals surface area contributed by atoms with E-state index in [9.17, 15) is 4.39 Å². The molecule has 2 rings (SSSR count). The van der Waals surface area contributed by atoms with E-state index in [0.717, 1.165) is 0 Å². The third kappa shape index (κ3) is 5.04. The first-order chi connectivity index (χ1) is 13.1. The van der Waals surface area contributed by atoms with Gasteiger partial charge in [-0.3, -0.25) is 5.41 Å². The van der Waals surface area contributed by atoms with E-state index >= 15 is 0 Å². The molecule has 1 heterocycles. The van der Waals surface area contributed by atoms with E-state index in [1.807, 2.05) is 18.7 Å². The molecule has 0 radical (unpaired) electrons. The highest BCUT2D eigenvalue weighted by atomic mass is 35.5. The molecule has 1 aromatic rings. The van der Waals surface area contributed by atoms with E-state index in [-0.39, 0.29) is 17.6 Å². The number of nitrogens with two attached hydrogens (primary N) is 2. The van der Waals surface area contributed by atoms with Crippen molar-refractivity contribution in [2.24, 2.45) is 22.4 Å². The summed E-state index contributed by atoms with van der Waals surface area (Å²) in [5.41, 5.74) is 15.3. The number of amidine groups is 1. The van der Waals surface area contributed by atoms with Crippen LogP contribution in [0.2, 0.25) is 5.02 Å². The van der Waals surface area contributed by atoms with Gasteiger partial charge < -0.3 is 21.7 Å². The monoisotopic (exact) mass is 406 g/mol. The molecule has 1 aromatic carbocycles. The Bertz CT molecular complexity index is 856. The molecule has 0 aliphatic carbocycles. The minimum atomic E-state index is -0.293. The molecule has 0 atom stereocenters. The van der Waals surface area contributed by atoms with Crippen molar-refractivity contribution in [1.29, 1.82) is 5.41 Å². The van der Waals surface area contributed by atoms with Crippen LogP contribution in [0.4, 0.5) is 4.39 Å². The Morgan fingerprint density at radius 1 is 1.46 bits per heavy atom. The summed E-state index contributed by atoms with van der Waals surface area (Å²) in [6.07, 6.45) is 1.73. The Morgan fingerprint density at radius 2 is 2.14 bits per heavy atom. The number of rotatable bonds is 5. The number of benzene rings is 1. The summed E-state index contributed by atoms with van der Waals surface area (Å²) in [6.45, 7) is 8.98. The Hall–Kier alpha value is -2.54. The minimum Gasteiger partial charge on any atom is -0.397 e. The van der Waals surface area contributed by atoms with Crippen LogP contribution in [-0.2, 0) is 6.54 Å². The molecule has 1 aliphatic rings. The van der Waals surface area contributed by atoms with Gasteiger partial charge in [0.1, 0.15) is 17.5 Å². The molecule has 6 N–H and O–H groups in total. The van der Waals surface area contributed by atoms with Gasteiger partial charge in [-0.05, 0) is 43.2 Å². The Kier molecular flexibility index (Phi) is 7.07. The quantitative estimate of drug-likeness (QED) is 0.445. The largest absolute Gasteiger partial charge is 0.397 e. The number of nitrogens with zero attached hydrogens (tertiary/aromatic N) is 2. The smallest absolute Gasteiger partial charge is 0.126 e. The molecule has 0 saturated carbocycles. The molecular formula is C20H28ClFN6. The predicted molar refractivity (Wildman–Crippen MR) is 114 cm³/mol. The van der Waals surface area contributed by atoms with Gasteiger partial charge in [-0.15, -0.1) is 0 Å². The topological polar surface area (TPSA) is 104 Å². The predicted octanol–water partition coefficient (Wildman–Crippen LogP) is 3.26. The molecule has 152 valence electrons. The number of allylic oxidation sites excluding steroid dienone is 2. The molecule has 8 heteroatoms. The summed E-state index contributed by atoms with van der Waals surface area (Å²) in [5, 5.41) is 11.5. The van der Waals surface area contributed by atoms with Crippen LogP contribution in [0.5, 0.6) is 0 Å². The molecule has 0 unspecified atom stereocenters. The zero-order valence-corrected chi connectivity index (χ0v) is 17.5. The summed E-state index contributed by atoms with van der Waals surface area (Å²) in [6, 6.07) is 2.93. The lowest BCUT2D eigenvalue weighted by atomic mass is 10.1. The first-order valence-corrected chi connectivity index (χ1v) is 9.53. The third-order valence-electron chi connectivity index (χ3n) is 4.68. The normalized spacial score (nSPS) is 15.9. The molecule has 0 amide bonds. The number of hydrogen-bond donors (Lipinski definition) is 4. The van der Waals surface area contributed by atoms with Crippen molar-refractivity contribution in [1.82, 2.24) is 10.2 Å². The van der Waals surface area contributed by atoms with Crippen LogP contribution >= 0.6 is 11.6 Å². The molecule has 0 saturated heterocycles. The molecule has 1 aliphatic heterocycles. The maximum atomic E-state index is 14.0. The fourth-order valence-corrected chi connectivity index (χ4v) is 3.01. The molecular weight excluding hydrogens is 379 g/mol. The number of nitrogens with one attached hydrogen (secondary N) is 2. The number of halogens is 2. The molecule has 0 fully saturated rings. The summed E-state index contributed by atoms with van der Waals surface area (Å²) in [4.78, 5) is 6.26. The van der Waals surface area contributed by atoms with Crippen molar-refractivity contribution in [2.45, 2.75) is 34.2 Å². The third-order valence-corrected chi connectivity index (χ3v) is 5.04. The van der Waals surface area contributed by atoms with Crippen molar-refractivity contribution in [3.63, 3.8) is 0 Å². The zero-order valence-electron chi connectivity index (χ0n) is 16.7. The van der Waals surface area contributed by atoms with Gasteiger partial charge in [0.15, 0.2) is 0 Å². The van der Waals surface area contributed by atoms with Crippen LogP contribution in [-0.4, -0.2) is 29.5 Å². The molecule has 6 nitrogen and oxygen atoms in total. The van der Waals surface area contributed by atoms with E-state index in [1.54, 1.807) is 26.0 Å². The van der Waals surface area contributed by atoms with Crippen molar-refractivity contribution in [3.05, 3.63) is 57.4 Å². The fourth-order valence-electron chi connectivity index (χ4n) is 2.75. The van der Waals surface area contributed by atoms with Gasteiger partial charge in [-0.25, -0.2) is 9.38 Å². The lowest BCUT2D eigenvalue weighted by Crippen LogP contribution is -2.41.